The summed E-state index contributed by atoms with van der Waals surface area (Å²) in [5.74, 6) is -0.414. The molecule has 94 valence electrons. The van der Waals surface area contributed by atoms with Crippen molar-refractivity contribution in [2.24, 2.45) is 0 Å². The van der Waals surface area contributed by atoms with Gasteiger partial charge in [-0.1, -0.05) is 11.6 Å². The molecule has 1 unspecified atom stereocenters. The molecule has 0 radical (unpaired) electrons. The van der Waals surface area contributed by atoms with Crippen LogP contribution < -0.4 is 4.90 Å². The van der Waals surface area contributed by atoms with E-state index in [2.05, 4.69) is 4.90 Å². The molecule has 0 aromatic heterocycles. The number of aliphatic hydroxyl groups is 1. The maximum atomic E-state index is 13.1. The first-order chi connectivity index (χ1) is 8.22. The fourth-order valence-electron chi connectivity index (χ4n) is 2.05. The van der Waals surface area contributed by atoms with Crippen molar-refractivity contribution in [1.82, 2.24) is 0 Å². The molecule has 1 fully saturated rings. The van der Waals surface area contributed by atoms with Crippen molar-refractivity contribution in [3.8, 4) is 0 Å². The number of halogens is 2. The molecule has 0 bridgehead atoms. The van der Waals surface area contributed by atoms with Crippen molar-refractivity contribution in [2.75, 3.05) is 31.3 Å². The quantitative estimate of drug-likeness (QED) is 0.902. The third-order valence-corrected chi connectivity index (χ3v) is 3.21. The van der Waals surface area contributed by atoms with E-state index >= 15 is 0 Å². The molecule has 0 saturated carbocycles. The lowest BCUT2D eigenvalue weighted by atomic mass is 10.1. The van der Waals surface area contributed by atoms with E-state index in [0.717, 1.165) is 12.2 Å². The van der Waals surface area contributed by atoms with Crippen LogP contribution in [0.1, 0.15) is 6.42 Å². The van der Waals surface area contributed by atoms with Crippen molar-refractivity contribution in [3.05, 3.63) is 29.0 Å². The molecule has 5 heteroatoms. The summed E-state index contributed by atoms with van der Waals surface area (Å²) in [5.41, 5.74) is 0.873. The van der Waals surface area contributed by atoms with E-state index in [0.29, 0.717) is 19.6 Å². The van der Waals surface area contributed by atoms with Crippen LogP contribution in [0.4, 0.5) is 10.1 Å². The zero-order valence-corrected chi connectivity index (χ0v) is 10.2. The Labute approximate surface area is 105 Å². The zero-order valence-electron chi connectivity index (χ0n) is 9.40. The van der Waals surface area contributed by atoms with E-state index in [1.807, 2.05) is 0 Å². The van der Waals surface area contributed by atoms with Crippen LogP contribution in [-0.4, -0.2) is 37.5 Å². The maximum absolute atomic E-state index is 13.1. The van der Waals surface area contributed by atoms with Crippen LogP contribution in [0.5, 0.6) is 0 Å². The summed E-state index contributed by atoms with van der Waals surface area (Å²) < 4.78 is 18.5. The Kier molecular flexibility index (Phi) is 4.20. The normalized spacial score (nSPS) is 20.6. The third kappa shape index (κ3) is 2.89. The van der Waals surface area contributed by atoms with Crippen molar-refractivity contribution >= 4 is 17.3 Å². The molecule has 17 heavy (non-hydrogen) atoms. The number of aliphatic hydroxyl groups excluding tert-OH is 1. The highest BCUT2D eigenvalue weighted by Crippen LogP contribution is 2.26. The van der Waals surface area contributed by atoms with Crippen molar-refractivity contribution in [2.45, 2.75) is 12.5 Å². The fraction of sp³-hybridized carbons (Fsp3) is 0.500. The van der Waals surface area contributed by atoms with Gasteiger partial charge in [-0.25, -0.2) is 4.39 Å². The highest BCUT2D eigenvalue weighted by atomic mass is 35.5. The van der Waals surface area contributed by atoms with Gasteiger partial charge in [-0.3, -0.25) is 0 Å². The Bertz CT molecular complexity index is 387. The molecule has 1 heterocycles. The SMILES string of the molecule is OCCC1COCCN1c1ccc(F)c(Cl)c1. The molecule has 1 aromatic rings. The number of hydrogen-bond acceptors (Lipinski definition) is 3. The Balaban J connectivity index is 2.20. The average Bonchev–Trinajstić information content (AvgIpc) is 2.34. The van der Waals surface area contributed by atoms with Gasteiger partial charge in [0.1, 0.15) is 5.82 Å². The lowest BCUT2D eigenvalue weighted by Crippen LogP contribution is -2.46. The van der Waals surface area contributed by atoms with E-state index < -0.39 is 5.82 Å². The van der Waals surface area contributed by atoms with Crippen molar-refractivity contribution in [3.63, 3.8) is 0 Å². The van der Waals surface area contributed by atoms with E-state index in [1.165, 1.54) is 6.07 Å². The predicted octanol–water partition coefficient (Wildman–Crippen LogP) is 2.07. The minimum Gasteiger partial charge on any atom is -0.396 e. The van der Waals surface area contributed by atoms with Gasteiger partial charge in [-0.15, -0.1) is 0 Å². The molecule has 3 nitrogen and oxygen atoms in total. The van der Waals surface area contributed by atoms with Crippen LogP contribution in [-0.2, 0) is 4.74 Å². The second kappa shape index (κ2) is 5.67. The number of morpholine rings is 1. The lowest BCUT2D eigenvalue weighted by molar-refractivity contribution is 0.0850. The van der Waals surface area contributed by atoms with Crippen LogP contribution in [0.2, 0.25) is 5.02 Å². The molecule has 1 saturated heterocycles. The third-order valence-electron chi connectivity index (χ3n) is 2.92. The largest absolute Gasteiger partial charge is 0.396 e. The monoisotopic (exact) mass is 259 g/mol. The summed E-state index contributed by atoms with van der Waals surface area (Å²) in [6, 6.07) is 4.81. The van der Waals surface area contributed by atoms with Crippen LogP contribution in [0.15, 0.2) is 18.2 Å². The van der Waals surface area contributed by atoms with E-state index in [1.54, 1.807) is 12.1 Å². The smallest absolute Gasteiger partial charge is 0.141 e. The van der Waals surface area contributed by atoms with Crippen LogP contribution >= 0.6 is 11.6 Å². The lowest BCUT2D eigenvalue weighted by Gasteiger charge is -2.37. The van der Waals surface area contributed by atoms with Crippen molar-refractivity contribution < 1.29 is 14.2 Å². The Morgan fingerprint density at radius 2 is 2.35 bits per heavy atom. The van der Waals surface area contributed by atoms with Gasteiger partial charge in [0.05, 0.1) is 24.3 Å². The molecule has 0 aliphatic carbocycles. The zero-order chi connectivity index (χ0) is 12.3. The molecule has 1 N–H and O–H groups in total. The van der Waals surface area contributed by atoms with Gasteiger partial charge in [-0.2, -0.15) is 0 Å². The minimum atomic E-state index is -0.414. The number of hydrogen-bond donors (Lipinski definition) is 1. The summed E-state index contributed by atoms with van der Waals surface area (Å²) in [5, 5.41) is 9.14. The number of nitrogens with zero attached hydrogens (tertiary/aromatic N) is 1. The second-order valence-electron chi connectivity index (χ2n) is 4.03. The summed E-state index contributed by atoms with van der Waals surface area (Å²) in [6.07, 6.45) is 0.634. The van der Waals surface area contributed by atoms with Gasteiger partial charge >= 0.3 is 0 Å². The average molecular weight is 260 g/mol. The summed E-state index contributed by atoms with van der Waals surface area (Å²) in [4.78, 5) is 2.10. The molecule has 1 atom stereocenters. The second-order valence-corrected chi connectivity index (χ2v) is 4.44. The molecule has 0 amide bonds. The van der Waals surface area contributed by atoms with Crippen LogP contribution in [0.25, 0.3) is 0 Å². The van der Waals surface area contributed by atoms with E-state index in [9.17, 15) is 4.39 Å². The van der Waals surface area contributed by atoms with Gasteiger partial charge in [0.2, 0.25) is 0 Å². The fourth-order valence-corrected chi connectivity index (χ4v) is 2.22. The first kappa shape index (κ1) is 12.6. The van der Waals surface area contributed by atoms with Gasteiger partial charge in [0.15, 0.2) is 0 Å². The molecule has 1 aliphatic heterocycles. The van der Waals surface area contributed by atoms with E-state index in [4.69, 9.17) is 21.4 Å². The van der Waals surface area contributed by atoms with E-state index in [-0.39, 0.29) is 17.7 Å². The van der Waals surface area contributed by atoms with Crippen molar-refractivity contribution in [1.29, 1.82) is 0 Å². The molecule has 1 aliphatic rings. The number of ether oxygens (including phenoxy) is 1. The molecule has 0 spiro atoms. The standard InChI is InChI=1S/C12H15ClFNO2/c13-11-7-9(1-2-12(11)14)15-4-6-17-8-10(15)3-5-16/h1-2,7,10,16H,3-6,8H2. The van der Waals surface area contributed by atoms with Crippen LogP contribution in [0.3, 0.4) is 0 Å². The predicted molar refractivity (Wildman–Crippen MR) is 65.1 cm³/mol. The van der Waals surface area contributed by atoms with Gasteiger partial charge in [-0.05, 0) is 24.6 Å². The topological polar surface area (TPSA) is 32.7 Å². The highest BCUT2D eigenvalue weighted by molar-refractivity contribution is 6.31. The van der Waals surface area contributed by atoms with Crippen LogP contribution in [0, 0.1) is 5.82 Å². The molecular formula is C12H15ClFNO2. The summed E-state index contributed by atoms with van der Waals surface area (Å²) >= 11 is 5.78. The first-order valence-corrected chi connectivity index (χ1v) is 6.00. The number of rotatable bonds is 3. The minimum absolute atomic E-state index is 0.111. The van der Waals surface area contributed by atoms with Gasteiger partial charge in [0.25, 0.3) is 0 Å². The highest BCUT2D eigenvalue weighted by Gasteiger charge is 2.23. The number of anilines is 1. The molecular weight excluding hydrogens is 245 g/mol. The van der Waals surface area contributed by atoms with Gasteiger partial charge < -0.3 is 14.7 Å². The number of benzene rings is 1. The maximum Gasteiger partial charge on any atom is 0.141 e. The molecule has 2 rings (SSSR count). The summed E-state index contributed by atoms with van der Waals surface area (Å²) in [7, 11) is 0. The Morgan fingerprint density at radius 1 is 1.53 bits per heavy atom. The Hall–Kier alpha value is -0.840. The Morgan fingerprint density at radius 3 is 3.06 bits per heavy atom. The summed E-state index contributed by atoms with van der Waals surface area (Å²) in [6.45, 7) is 2.05. The van der Waals surface area contributed by atoms with Gasteiger partial charge in [0, 0.05) is 18.8 Å². The first-order valence-electron chi connectivity index (χ1n) is 5.62. The molecule has 1 aromatic carbocycles.